The van der Waals surface area contributed by atoms with E-state index in [1.54, 1.807) is 0 Å². The minimum absolute atomic E-state index is 0.112. The molecule has 11 nitrogen and oxygen atoms in total. The number of hydrogen-bond acceptors (Lipinski definition) is 8. The summed E-state index contributed by atoms with van der Waals surface area (Å²) in [5.41, 5.74) is -0.573. The van der Waals surface area contributed by atoms with Crippen molar-refractivity contribution in [3.63, 3.8) is 0 Å². The quantitative estimate of drug-likeness (QED) is 0.544. The molecule has 24 heavy (non-hydrogen) atoms. The van der Waals surface area contributed by atoms with Gasteiger partial charge in [0, 0.05) is 19.3 Å². The minimum atomic E-state index is -4.69. The maximum Gasteiger partial charge on any atom is 0.382 e. The van der Waals surface area contributed by atoms with Crippen LogP contribution in [0.2, 0.25) is 0 Å². The average molecular weight is 353 g/mol. The van der Waals surface area contributed by atoms with Crippen LogP contribution in [0.5, 0.6) is 0 Å². The Morgan fingerprint density at radius 2 is 2.12 bits per heavy atom. The van der Waals surface area contributed by atoms with Crippen molar-refractivity contribution >= 4 is 21.7 Å². The highest BCUT2D eigenvalue weighted by atomic mass is 32.2. The van der Waals surface area contributed by atoms with Gasteiger partial charge in [-0.1, -0.05) is 0 Å². The summed E-state index contributed by atoms with van der Waals surface area (Å²) in [7, 11) is -4.69. The molecule has 1 amide bonds. The van der Waals surface area contributed by atoms with E-state index in [-0.39, 0.29) is 17.2 Å². The molecule has 0 fully saturated rings. The molecule has 126 valence electrons. The van der Waals surface area contributed by atoms with Crippen LogP contribution < -0.4 is 10.5 Å². The topological polar surface area (TPSA) is 167 Å². The molecule has 0 aromatic carbocycles. The third-order valence-corrected chi connectivity index (χ3v) is 3.59. The van der Waals surface area contributed by atoms with Gasteiger partial charge in [-0.15, -0.1) is 0 Å². The highest BCUT2D eigenvalue weighted by Gasteiger charge is 2.35. The Bertz CT molecular complexity index is 888. The number of allylic oxidation sites excluding steroid dienone is 1. The first-order valence-corrected chi connectivity index (χ1v) is 7.79. The number of hydrogen-bond donors (Lipinski definition) is 2. The summed E-state index contributed by atoms with van der Waals surface area (Å²) in [5.74, 6) is -0.723. The molecule has 0 spiro atoms. The first-order valence-electron chi connectivity index (χ1n) is 6.25. The largest absolute Gasteiger partial charge is 0.460 e. The van der Waals surface area contributed by atoms with E-state index in [0.717, 1.165) is 19.3 Å². The smallest absolute Gasteiger partial charge is 0.382 e. The third kappa shape index (κ3) is 3.61. The first-order chi connectivity index (χ1) is 11.2. The van der Waals surface area contributed by atoms with Gasteiger partial charge in [0.15, 0.2) is 5.76 Å². The summed E-state index contributed by atoms with van der Waals surface area (Å²) in [6, 6.07) is 0. The van der Waals surface area contributed by atoms with E-state index in [1.807, 2.05) is 0 Å². The molecule has 12 heteroatoms. The van der Waals surface area contributed by atoms with Gasteiger partial charge in [0.05, 0.1) is 23.0 Å². The normalized spacial score (nSPS) is 16.4. The van der Waals surface area contributed by atoms with Gasteiger partial charge in [0.25, 0.3) is 0 Å². The van der Waals surface area contributed by atoms with Crippen molar-refractivity contribution < 1.29 is 22.9 Å². The molecule has 3 N–H and O–H groups in total. The lowest BCUT2D eigenvalue weighted by Gasteiger charge is -2.18. The second kappa shape index (κ2) is 6.55. The number of carbonyl (C=O) groups is 1. The number of nitrogens with zero attached hydrogens (tertiary/aromatic N) is 3. The molecule has 0 saturated heterocycles. The Morgan fingerprint density at radius 1 is 1.42 bits per heavy atom. The number of rotatable bonds is 4. The van der Waals surface area contributed by atoms with Gasteiger partial charge >= 0.3 is 15.1 Å². The monoisotopic (exact) mass is 353 g/mol. The molecule has 0 radical (unpaired) electrons. The number of carbonyl (C=O) groups excluding carboxylic acids is 1. The number of amides is 1. The molecule has 0 atom stereocenters. The van der Waals surface area contributed by atoms with E-state index in [4.69, 9.17) is 9.88 Å². The van der Waals surface area contributed by atoms with Gasteiger partial charge in [-0.2, -0.15) is 0 Å². The highest BCUT2D eigenvalue weighted by molar-refractivity contribution is 7.92. The predicted octanol–water partition coefficient (Wildman–Crippen LogP) is -0.398. The molecule has 1 aliphatic rings. The van der Waals surface area contributed by atoms with E-state index < -0.39 is 31.5 Å². The standard InChI is InChI=1S/C12H11N5O6S/c1-7(18)16-10-8(12(17(19)20)24(13,21)22)2-5-23-11(10)9-6-14-3-4-15-9/h2-6H,1H3,(H,16,18)(H2,13,21,22)/b12-8+. The van der Waals surface area contributed by atoms with Crippen LogP contribution in [0, 0.1) is 10.1 Å². The zero-order valence-corrected chi connectivity index (χ0v) is 13.0. The van der Waals surface area contributed by atoms with E-state index in [1.165, 1.54) is 18.6 Å². The van der Waals surface area contributed by atoms with Crippen molar-refractivity contribution in [3.8, 4) is 0 Å². The average Bonchev–Trinajstić information content (AvgIpc) is 2.47. The Kier molecular flexibility index (Phi) is 4.71. The number of aromatic nitrogens is 2. The van der Waals surface area contributed by atoms with Crippen LogP contribution in [0.1, 0.15) is 12.6 Å². The van der Waals surface area contributed by atoms with Crippen molar-refractivity contribution in [2.45, 2.75) is 6.92 Å². The van der Waals surface area contributed by atoms with Crippen LogP contribution in [-0.4, -0.2) is 29.2 Å². The number of ether oxygens (including phenoxy) is 1. The predicted molar refractivity (Wildman–Crippen MR) is 80.1 cm³/mol. The molecule has 1 aromatic rings. The maximum atomic E-state index is 11.6. The van der Waals surface area contributed by atoms with Crippen molar-refractivity contribution in [1.29, 1.82) is 0 Å². The van der Waals surface area contributed by atoms with Crippen molar-refractivity contribution in [1.82, 2.24) is 15.3 Å². The number of nitrogens with two attached hydrogens (primary N) is 1. The lowest BCUT2D eigenvalue weighted by Crippen LogP contribution is -2.28. The number of nitro groups is 1. The molecule has 2 heterocycles. The minimum Gasteiger partial charge on any atom is -0.460 e. The Labute approximate surface area is 135 Å². The molecular formula is C12H11N5O6S. The molecule has 1 aliphatic heterocycles. The second-order valence-electron chi connectivity index (χ2n) is 4.42. The second-order valence-corrected chi connectivity index (χ2v) is 5.89. The maximum absolute atomic E-state index is 11.6. The van der Waals surface area contributed by atoms with Gasteiger partial charge in [-0.05, 0) is 6.08 Å². The molecule has 1 aromatic heterocycles. The zero-order chi connectivity index (χ0) is 17.9. The first kappa shape index (κ1) is 17.2. The van der Waals surface area contributed by atoms with Crippen LogP contribution in [0.25, 0.3) is 5.76 Å². The number of nitrogens with one attached hydrogen (secondary N) is 1. The van der Waals surface area contributed by atoms with Crippen molar-refractivity contribution in [2.24, 2.45) is 5.14 Å². The summed E-state index contributed by atoms with van der Waals surface area (Å²) in [4.78, 5) is 29.2. The fourth-order valence-electron chi connectivity index (χ4n) is 1.87. The number of primary sulfonamides is 1. The zero-order valence-electron chi connectivity index (χ0n) is 12.2. The molecule has 0 bridgehead atoms. The third-order valence-electron chi connectivity index (χ3n) is 2.68. The van der Waals surface area contributed by atoms with Crippen LogP contribution in [-0.2, 0) is 19.6 Å². The summed E-state index contributed by atoms with van der Waals surface area (Å²) in [5, 5.41) is 17.1. The van der Waals surface area contributed by atoms with Crippen LogP contribution in [0.15, 0.2) is 47.2 Å². The number of sulfonamides is 1. The van der Waals surface area contributed by atoms with Crippen LogP contribution in [0.3, 0.4) is 0 Å². The van der Waals surface area contributed by atoms with Gasteiger partial charge in [0.2, 0.25) is 5.91 Å². The van der Waals surface area contributed by atoms with Gasteiger partial charge < -0.3 is 10.1 Å². The molecule has 0 saturated carbocycles. The molecule has 2 rings (SSSR count). The van der Waals surface area contributed by atoms with Crippen LogP contribution in [0.4, 0.5) is 0 Å². The molecule has 0 aliphatic carbocycles. The van der Waals surface area contributed by atoms with Gasteiger partial charge in [-0.25, -0.2) is 18.5 Å². The Morgan fingerprint density at radius 3 is 2.62 bits per heavy atom. The van der Waals surface area contributed by atoms with E-state index in [9.17, 15) is 23.3 Å². The fourth-order valence-corrected chi connectivity index (χ4v) is 2.56. The van der Waals surface area contributed by atoms with E-state index in [2.05, 4.69) is 15.3 Å². The highest BCUT2D eigenvalue weighted by Crippen LogP contribution is 2.30. The SMILES string of the molecule is CC(=O)NC1=C(c2cnccn2)OC=C/C1=C(/[N+](=O)[O-])S(N)(=O)=O. The molecule has 0 unspecified atom stereocenters. The fraction of sp³-hybridized carbons (Fsp3) is 0.0833. The summed E-state index contributed by atoms with van der Waals surface area (Å²) in [6.07, 6.45) is 6.00. The van der Waals surface area contributed by atoms with Crippen LogP contribution >= 0.6 is 0 Å². The summed E-state index contributed by atoms with van der Waals surface area (Å²) >= 11 is 0. The Hall–Kier alpha value is -3.12. The Balaban J connectivity index is 2.82. The lowest BCUT2D eigenvalue weighted by atomic mass is 10.1. The van der Waals surface area contributed by atoms with E-state index in [0.29, 0.717) is 0 Å². The summed E-state index contributed by atoms with van der Waals surface area (Å²) in [6.45, 7) is 1.14. The van der Waals surface area contributed by atoms with E-state index >= 15 is 0 Å². The summed E-state index contributed by atoms with van der Waals surface area (Å²) < 4.78 is 28.4. The van der Waals surface area contributed by atoms with Crippen molar-refractivity contribution in [3.05, 3.63) is 63.0 Å². The van der Waals surface area contributed by atoms with Crippen molar-refractivity contribution in [2.75, 3.05) is 0 Å². The van der Waals surface area contributed by atoms with Gasteiger partial charge in [0.1, 0.15) is 11.4 Å². The lowest BCUT2D eigenvalue weighted by molar-refractivity contribution is -0.412. The molecular weight excluding hydrogens is 342 g/mol. The van der Waals surface area contributed by atoms with Gasteiger partial charge in [-0.3, -0.25) is 19.9 Å².